The lowest BCUT2D eigenvalue weighted by Gasteiger charge is -2.16. The number of nitrogens with one attached hydrogen (secondary N) is 1. The van der Waals surface area contributed by atoms with E-state index in [4.69, 9.17) is 11.6 Å². The predicted octanol–water partition coefficient (Wildman–Crippen LogP) is 3.69. The van der Waals surface area contributed by atoms with Gasteiger partial charge in [-0.2, -0.15) is 0 Å². The first-order chi connectivity index (χ1) is 10.5. The van der Waals surface area contributed by atoms with E-state index < -0.39 is 6.04 Å². The van der Waals surface area contributed by atoms with Gasteiger partial charge in [-0.3, -0.25) is 9.59 Å². The molecule has 1 saturated heterocycles. The average molecular weight is 427 g/mol. The summed E-state index contributed by atoms with van der Waals surface area (Å²) in [6, 6.07) is 13.8. The van der Waals surface area contributed by atoms with Crippen molar-refractivity contribution in [2.45, 2.75) is 12.5 Å². The SMILES string of the molecule is O=C1C[C@@H](Nc2ccc(I)cc2)C(=O)N1c1ccc(Cl)cc1. The van der Waals surface area contributed by atoms with E-state index in [9.17, 15) is 9.59 Å². The molecule has 6 heteroatoms. The second-order valence-corrected chi connectivity index (χ2v) is 6.63. The molecule has 0 radical (unpaired) electrons. The van der Waals surface area contributed by atoms with E-state index in [1.807, 2.05) is 24.3 Å². The smallest absolute Gasteiger partial charge is 0.256 e. The molecule has 2 aromatic carbocycles. The lowest BCUT2D eigenvalue weighted by Crippen LogP contribution is -2.34. The van der Waals surface area contributed by atoms with Crippen LogP contribution >= 0.6 is 34.2 Å². The molecule has 112 valence electrons. The summed E-state index contributed by atoms with van der Waals surface area (Å²) in [5, 5.41) is 3.68. The quantitative estimate of drug-likeness (QED) is 0.602. The molecular weight excluding hydrogens is 415 g/mol. The van der Waals surface area contributed by atoms with Crippen LogP contribution in [0.5, 0.6) is 0 Å². The number of hydrogen-bond donors (Lipinski definition) is 1. The number of nitrogens with zero attached hydrogens (tertiary/aromatic N) is 1. The van der Waals surface area contributed by atoms with Crippen LogP contribution in [-0.2, 0) is 9.59 Å². The lowest BCUT2D eigenvalue weighted by molar-refractivity contribution is -0.121. The van der Waals surface area contributed by atoms with Crippen molar-refractivity contribution in [3.63, 3.8) is 0 Å². The van der Waals surface area contributed by atoms with Crippen LogP contribution in [0, 0.1) is 3.57 Å². The van der Waals surface area contributed by atoms with Crippen LogP contribution in [0.4, 0.5) is 11.4 Å². The number of anilines is 2. The molecule has 22 heavy (non-hydrogen) atoms. The second kappa shape index (κ2) is 6.26. The zero-order valence-electron chi connectivity index (χ0n) is 11.4. The number of hydrogen-bond acceptors (Lipinski definition) is 3. The van der Waals surface area contributed by atoms with E-state index >= 15 is 0 Å². The van der Waals surface area contributed by atoms with Crippen LogP contribution in [0.25, 0.3) is 0 Å². The maximum Gasteiger partial charge on any atom is 0.256 e. The van der Waals surface area contributed by atoms with Gasteiger partial charge in [-0.25, -0.2) is 4.90 Å². The van der Waals surface area contributed by atoms with Crippen molar-refractivity contribution >= 4 is 57.4 Å². The third kappa shape index (κ3) is 3.10. The lowest BCUT2D eigenvalue weighted by atomic mass is 10.2. The molecule has 1 heterocycles. The summed E-state index contributed by atoms with van der Waals surface area (Å²) in [5.41, 5.74) is 1.37. The zero-order chi connectivity index (χ0) is 15.7. The van der Waals surface area contributed by atoms with Gasteiger partial charge in [0, 0.05) is 14.3 Å². The van der Waals surface area contributed by atoms with Crippen LogP contribution in [-0.4, -0.2) is 17.9 Å². The number of carbonyl (C=O) groups is 2. The van der Waals surface area contributed by atoms with E-state index in [2.05, 4.69) is 27.9 Å². The molecule has 1 aliphatic rings. The number of benzene rings is 2. The minimum absolute atomic E-state index is 0.146. The summed E-state index contributed by atoms with van der Waals surface area (Å²) in [6.07, 6.45) is 0.146. The Morgan fingerprint density at radius 2 is 1.68 bits per heavy atom. The summed E-state index contributed by atoms with van der Waals surface area (Å²) in [4.78, 5) is 25.8. The summed E-state index contributed by atoms with van der Waals surface area (Å²) in [6.45, 7) is 0. The standard InChI is InChI=1S/C16H12ClIN2O2/c17-10-1-7-13(8-2-10)20-15(21)9-14(16(20)22)19-12-5-3-11(18)4-6-12/h1-8,14,19H,9H2/t14-/m1/s1. The van der Waals surface area contributed by atoms with Gasteiger partial charge in [-0.15, -0.1) is 0 Å². The van der Waals surface area contributed by atoms with Crippen molar-refractivity contribution in [1.82, 2.24) is 0 Å². The molecule has 0 unspecified atom stereocenters. The summed E-state index contributed by atoms with van der Waals surface area (Å²) < 4.78 is 1.11. The van der Waals surface area contributed by atoms with E-state index in [0.29, 0.717) is 10.7 Å². The van der Waals surface area contributed by atoms with E-state index in [0.717, 1.165) is 9.26 Å². The molecule has 0 saturated carbocycles. The molecular formula is C16H12ClIN2O2. The minimum atomic E-state index is -0.539. The Morgan fingerprint density at radius 1 is 1.05 bits per heavy atom. The number of imide groups is 1. The molecule has 3 rings (SSSR count). The maximum atomic E-state index is 12.5. The van der Waals surface area contributed by atoms with Crippen molar-refractivity contribution in [1.29, 1.82) is 0 Å². The van der Waals surface area contributed by atoms with Crippen LogP contribution < -0.4 is 10.2 Å². The van der Waals surface area contributed by atoms with Gasteiger partial charge in [-0.1, -0.05) is 11.6 Å². The first-order valence-electron chi connectivity index (χ1n) is 6.69. The first-order valence-corrected chi connectivity index (χ1v) is 8.15. The molecule has 0 bridgehead atoms. The first kappa shape index (κ1) is 15.3. The van der Waals surface area contributed by atoms with E-state index in [1.54, 1.807) is 24.3 Å². The van der Waals surface area contributed by atoms with Gasteiger partial charge < -0.3 is 5.32 Å². The van der Waals surface area contributed by atoms with Crippen molar-refractivity contribution in [2.24, 2.45) is 0 Å². The highest BCUT2D eigenvalue weighted by Gasteiger charge is 2.39. The van der Waals surface area contributed by atoms with Gasteiger partial charge in [0.2, 0.25) is 5.91 Å². The van der Waals surface area contributed by atoms with Crippen LogP contribution in [0.3, 0.4) is 0 Å². The number of carbonyl (C=O) groups excluding carboxylic acids is 2. The Bertz CT molecular complexity index is 716. The zero-order valence-corrected chi connectivity index (χ0v) is 14.3. The van der Waals surface area contributed by atoms with Gasteiger partial charge in [0.15, 0.2) is 0 Å². The average Bonchev–Trinajstić information content (AvgIpc) is 2.77. The van der Waals surface area contributed by atoms with Crippen molar-refractivity contribution in [2.75, 3.05) is 10.2 Å². The molecule has 1 N–H and O–H groups in total. The molecule has 1 fully saturated rings. The van der Waals surface area contributed by atoms with Gasteiger partial charge in [0.05, 0.1) is 12.1 Å². The highest BCUT2D eigenvalue weighted by molar-refractivity contribution is 14.1. The predicted molar refractivity (Wildman–Crippen MR) is 95.1 cm³/mol. The molecule has 0 aromatic heterocycles. The Morgan fingerprint density at radius 3 is 2.32 bits per heavy atom. The number of rotatable bonds is 3. The highest BCUT2D eigenvalue weighted by Crippen LogP contribution is 2.26. The van der Waals surface area contributed by atoms with Crippen molar-refractivity contribution < 1.29 is 9.59 Å². The normalized spacial score (nSPS) is 17.9. The Kier molecular flexibility index (Phi) is 4.35. The van der Waals surface area contributed by atoms with Crippen LogP contribution in [0.15, 0.2) is 48.5 Å². The minimum Gasteiger partial charge on any atom is -0.373 e. The largest absolute Gasteiger partial charge is 0.373 e. The molecule has 2 amide bonds. The fourth-order valence-electron chi connectivity index (χ4n) is 2.35. The highest BCUT2D eigenvalue weighted by atomic mass is 127. The third-order valence-corrected chi connectivity index (χ3v) is 4.39. The van der Waals surface area contributed by atoms with Crippen molar-refractivity contribution in [3.05, 3.63) is 57.1 Å². The fraction of sp³-hybridized carbons (Fsp3) is 0.125. The van der Waals surface area contributed by atoms with Gasteiger partial charge in [-0.05, 0) is 71.1 Å². The Balaban J connectivity index is 1.79. The summed E-state index contributed by atoms with van der Waals surface area (Å²) in [7, 11) is 0. The van der Waals surface area contributed by atoms with Gasteiger partial charge >= 0.3 is 0 Å². The Hall–Kier alpha value is -1.60. The maximum absolute atomic E-state index is 12.5. The summed E-state index contributed by atoms with van der Waals surface area (Å²) in [5.74, 6) is -0.457. The van der Waals surface area contributed by atoms with Crippen LogP contribution in [0.1, 0.15) is 6.42 Å². The fourth-order valence-corrected chi connectivity index (χ4v) is 2.84. The second-order valence-electron chi connectivity index (χ2n) is 4.95. The van der Waals surface area contributed by atoms with Gasteiger partial charge in [0.1, 0.15) is 6.04 Å². The number of amides is 2. The molecule has 0 aliphatic carbocycles. The van der Waals surface area contributed by atoms with Gasteiger partial charge in [0.25, 0.3) is 5.91 Å². The molecule has 1 atom stereocenters. The molecule has 1 aliphatic heterocycles. The number of halogens is 2. The van der Waals surface area contributed by atoms with Crippen LogP contribution in [0.2, 0.25) is 5.02 Å². The molecule has 2 aromatic rings. The molecule has 4 nitrogen and oxygen atoms in total. The third-order valence-electron chi connectivity index (χ3n) is 3.42. The topological polar surface area (TPSA) is 49.4 Å². The monoisotopic (exact) mass is 426 g/mol. The van der Waals surface area contributed by atoms with E-state index in [-0.39, 0.29) is 18.2 Å². The van der Waals surface area contributed by atoms with E-state index in [1.165, 1.54) is 4.90 Å². The molecule has 0 spiro atoms. The summed E-state index contributed by atoms with van der Waals surface area (Å²) >= 11 is 8.05. The van der Waals surface area contributed by atoms with Crippen molar-refractivity contribution in [3.8, 4) is 0 Å². The Labute approximate surface area is 146 Å².